The van der Waals surface area contributed by atoms with E-state index in [4.69, 9.17) is 23.8 Å². The van der Waals surface area contributed by atoms with Crippen LogP contribution < -0.4 is 15.5 Å². The Balaban J connectivity index is 1.75. The molecule has 5 heteroatoms. The number of nitrogens with one attached hydrogen (secondary N) is 2. The Hall–Kier alpha value is -1.00. The van der Waals surface area contributed by atoms with Crippen molar-refractivity contribution in [1.82, 2.24) is 5.32 Å². The predicted octanol–water partition coefficient (Wildman–Crippen LogP) is 3.78. The van der Waals surface area contributed by atoms with Crippen molar-refractivity contribution in [3.8, 4) is 0 Å². The van der Waals surface area contributed by atoms with Gasteiger partial charge in [-0.3, -0.25) is 0 Å². The summed E-state index contributed by atoms with van der Waals surface area (Å²) in [7, 11) is 0. The predicted molar refractivity (Wildman–Crippen MR) is 89.9 cm³/mol. The summed E-state index contributed by atoms with van der Waals surface area (Å²) >= 11 is 11.5. The lowest BCUT2D eigenvalue weighted by Crippen LogP contribution is -2.33. The van der Waals surface area contributed by atoms with Crippen LogP contribution in [0.3, 0.4) is 0 Å². The molecule has 0 spiro atoms. The van der Waals surface area contributed by atoms with Crippen LogP contribution in [-0.2, 0) is 0 Å². The minimum Gasteiger partial charge on any atom is -0.370 e. The zero-order valence-corrected chi connectivity index (χ0v) is 13.1. The second-order valence-electron chi connectivity index (χ2n) is 5.58. The van der Waals surface area contributed by atoms with Crippen LogP contribution in [0.5, 0.6) is 0 Å². The van der Waals surface area contributed by atoms with Gasteiger partial charge in [-0.25, -0.2) is 0 Å². The average molecular weight is 310 g/mol. The number of nitrogens with zero attached hydrogens (tertiary/aromatic N) is 1. The van der Waals surface area contributed by atoms with Crippen molar-refractivity contribution in [1.29, 1.82) is 0 Å². The molecule has 1 aliphatic carbocycles. The number of benzene rings is 1. The van der Waals surface area contributed by atoms with Crippen LogP contribution in [-0.4, -0.2) is 24.2 Å². The molecule has 1 saturated carbocycles. The molecule has 2 fully saturated rings. The van der Waals surface area contributed by atoms with Crippen LogP contribution in [0.2, 0.25) is 5.02 Å². The van der Waals surface area contributed by atoms with Gasteiger partial charge in [0.15, 0.2) is 5.11 Å². The summed E-state index contributed by atoms with van der Waals surface area (Å²) in [5.74, 6) is 0. The van der Waals surface area contributed by atoms with Gasteiger partial charge in [0.05, 0.1) is 11.4 Å². The Kier molecular flexibility index (Phi) is 4.32. The molecule has 0 atom stereocenters. The highest BCUT2D eigenvalue weighted by molar-refractivity contribution is 7.80. The van der Waals surface area contributed by atoms with E-state index in [1.165, 1.54) is 37.8 Å². The number of anilines is 2. The topological polar surface area (TPSA) is 27.3 Å². The lowest BCUT2D eigenvalue weighted by molar-refractivity contribution is 0.578. The smallest absolute Gasteiger partial charge is 0.171 e. The molecule has 2 N–H and O–H groups in total. The van der Waals surface area contributed by atoms with Gasteiger partial charge in [0.1, 0.15) is 0 Å². The summed E-state index contributed by atoms with van der Waals surface area (Å²) in [4.78, 5) is 2.42. The third kappa shape index (κ3) is 3.55. The lowest BCUT2D eigenvalue weighted by Gasteiger charge is -2.31. The van der Waals surface area contributed by atoms with E-state index in [0.717, 1.165) is 23.8 Å². The molecule has 0 bridgehead atoms. The fourth-order valence-corrected chi connectivity index (χ4v) is 3.04. The van der Waals surface area contributed by atoms with Gasteiger partial charge in [-0.2, -0.15) is 0 Å². The fourth-order valence-electron chi connectivity index (χ4n) is 2.59. The Morgan fingerprint density at radius 2 is 1.95 bits per heavy atom. The van der Waals surface area contributed by atoms with Crippen molar-refractivity contribution in [2.24, 2.45) is 0 Å². The molecule has 1 aromatic rings. The van der Waals surface area contributed by atoms with E-state index >= 15 is 0 Å². The maximum Gasteiger partial charge on any atom is 0.171 e. The zero-order chi connectivity index (χ0) is 13.9. The van der Waals surface area contributed by atoms with E-state index in [0.29, 0.717) is 11.2 Å². The largest absolute Gasteiger partial charge is 0.370 e. The highest BCUT2D eigenvalue weighted by Gasteiger charge is 2.22. The Morgan fingerprint density at radius 1 is 1.20 bits per heavy atom. The van der Waals surface area contributed by atoms with Crippen molar-refractivity contribution < 1.29 is 0 Å². The zero-order valence-electron chi connectivity index (χ0n) is 11.5. The quantitative estimate of drug-likeness (QED) is 0.831. The van der Waals surface area contributed by atoms with Crippen molar-refractivity contribution >= 4 is 40.3 Å². The molecule has 2 aliphatic rings. The van der Waals surface area contributed by atoms with Gasteiger partial charge in [0.2, 0.25) is 0 Å². The highest BCUT2D eigenvalue weighted by atomic mass is 35.5. The number of halogens is 1. The normalized spacial score (nSPS) is 18.8. The van der Waals surface area contributed by atoms with Crippen molar-refractivity contribution in [2.45, 2.75) is 38.1 Å². The number of rotatable bonds is 3. The van der Waals surface area contributed by atoms with E-state index in [1.807, 2.05) is 12.1 Å². The van der Waals surface area contributed by atoms with E-state index in [9.17, 15) is 0 Å². The molecule has 1 aromatic carbocycles. The fraction of sp³-hybridized carbons (Fsp3) is 0.533. The van der Waals surface area contributed by atoms with Crippen LogP contribution in [0, 0.1) is 0 Å². The van der Waals surface area contributed by atoms with Gasteiger partial charge in [-0.15, -0.1) is 0 Å². The maximum absolute atomic E-state index is 6.14. The van der Waals surface area contributed by atoms with Crippen LogP contribution in [0.4, 0.5) is 11.4 Å². The van der Waals surface area contributed by atoms with Crippen molar-refractivity contribution in [2.75, 3.05) is 23.3 Å². The van der Waals surface area contributed by atoms with Crippen LogP contribution >= 0.6 is 23.8 Å². The van der Waals surface area contributed by atoms with Gasteiger partial charge >= 0.3 is 0 Å². The minimum absolute atomic E-state index is 0.563. The second-order valence-corrected chi connectivity index (χ2v) is 6.43. The van der Waals surface area contributed by atoms with E-state index < -0.39 is 0 Å². The molecular formula is C15H20ClN3S. The highest BCUT2D eigenvalue weighted by Crippen LogP contribution is 2.31. The number of piperidine rings is 1. The van der Waals surface area contributed by atoms with Crippen molar-refractivity contribution in [3.63, 3.8) is 0 Å². The first-order valence-electron chi connectivity index (χ1n) is 7.34. The third-order valence-corrected chi connectivity index (χ3v) is 4.27. The summed E-state index contributed by atoms with van der Waals surface area (Å²) < 4.78 is 0. The summed E-state index contributed by atoms with van der Waals surface area (Å²) in [6.45, 7) is 2.22. The first-order chi connectivity index (χ1) is 9.72. The molecule has 1 heterocycles. The monoisotopic (exact) mass is 309 g/mol. The standard InChI is InChI=1S/C15H20ClN3S/c16-11-4-7-14(19-8-2-1-3-9-19)13(10-11)18-15(20)17-12-5-6-12/h4,7,10,12H,1-3,5-6,8-9H2,(H2,17,18,20). The first kappa shape index (κ1) is 14.0. The van der Waals surface area contributed by atoms with Gasteiger partial charge in [-0.1, -0.05) is 11.6 Å². The maximum atomic E-state index is 6.14. The molecule has 0 unspecified atom stereocenters. The molecule has 20 heavy (non-hydrogen) atoms. The third-order valence-electron chi connectivity index (χ3n) is 3.82. The van der Waals surface area contributed by atoms with Crippen molar-refractivity contribution in [3.05, 3.63) is 23.2 Å². The van der Waals surface area contributed by atoms with Gasteiger partial charge in [0.25, 0.3) is 0 Å². The molecule has 3 nitrogen and oxygen atoms in total. The van der Waals surface area contributed by atoms with Gasteiger partial charge < -0.3 is 15.5 Å². The Morgan fingerprint density at radius 3 is 2.65 bits per heavy atom. The molecule has 1 aliphatic heterocycles. The molecule has 0 aromatic heterocycles. The average Bonchev–Trinajstić information content (AvgIpc) is 3.23. The van der Waals surface area contributed by atoms with Gasteiger partial charge in [-0.05, 0) is 62.5 Å². The van der Waals surface area contributed by atoms with Crippen LogP contribution in [0.1, 0.15) is 32.1 Å². The van der Waals surface area contributed by atoms with E-state index in [-0.39, 0.29) is 0 Å². The SMILES string of the molecule is S=C(Nc1cc(Cl)ccc1N1CCCCC1)NC1CC1. The molecule has 3 rings (SSSR count). The molecule has 0 amide bonds. The Bertz CT molecular complexity index is 496. The number of hydrogen-bond donors (Lipinski definition) is 2. The molecular weight excluding hydrogens is 290 g/mol. The van der Waals surface area contributed by atoms with Gasteiger partial charge in [0, 0.05) is 24.2 Å². The first-order valence-corrected chi connectivity index (χ1v) is 8.13. The summed E-state index contributed by atoms with van der Waals surface area (Å²) in [5, 5.41) is 8.07. The number of hydrogen-bond acceptors (Lipinski definition) is 2. The second kappa shape index (κ2) is 6.19. The van der Waals surface area contributed by atoms with Crippen LogP contribution in [0.15, 0.2) is 18.2 Å². The minimum atomic E-state index is 0.563. The molecule has 108 valence electrons. The summed E-state index contributed by atoms with van der Waals surface area (Å²) in [6, 6.07) is 6.57. The lowest BCUT2D eigenvalue weighted by atomic mass is 10.1. The number of thiocarbonyl (C=S) groups is 1. The van der Waals surface area contributed by atoms with E-state index in [2.05, 4.69) is 21.6 Å². The molecule has 1 saturated heterocycles. The Labute approximate surface area is 130 Å². The molecule has 0 radical (unpaired) electrons. The summed E-state index contributed by atoms with van der Waals surface area (Å²) in [5.41, 5.74) is 2.21. The van der Waals surface area contributed by atoms with E-state index in [1.54, 1.807) is 0 Å². The summed E-state index contributed by atoms with van der Waals surface area (Å²) in [6.07, 6.45) is 6.28. The van der Waals surface area contributed by atoms with Crippen LogP contribution in [0.25, 0.3) is 0 Å².